The van der Waals surface area contributed by atoms with E-state index in [0.29, 0.717) is 28.0 Å². The van der Waals surface area contributed by atoms with Gasteiger partial charge >= 0.3 is 11.6 Å². The van der Waals surface area contributed by atoms with Crippen molar-refractivity contribution in [3.63, 3.8) is 0 Å². The molecule has 0 saturated heterocycles. The Balaban J connectivity index is 1.99. The summed E-state index contributed by atoms with van der Waals surface area (Å²) < 4.78 is 10.2. The van der Waals surface area contributed by atoms with Crippen LogP contribution in [0.4, 0.5) is 5.69 Å². The summed E-state index contributed by atoms with van der Waals surface area (Å²) in [6, 6.07) is 8.72. The topological polar surface area (TPSA) is 94.3 Å². The highest BCUT2D eigenvalue weighted by molar-refractivity contribution is 6.05. The minimum absolute atomic E-state index is 0.0803. The average Bonchev–Trinajstić information content (AvgIpc) is 2.57. The first-order chi connectivity index (χ1) is 11.5. The van der Waals surface area contributed by atoms with Gasteiger partial charge in [-0.3, -0.25) is 4.79 Å². The van der Waals surface area contributed by atoms with Crippen LogP contribution in [0.5, 0.6) is 6.01 Å². The summed E-state index contributed by atoms with van der Waals surface area (Å²) in [5, 5.41) is 3.34. The molecule has 0 aliphatic carbocycles. The Bertz CT molecular complexity index is 972. The Labute approximate surface area is 137 Å². The molecule has 3 rings (SSSR count). The Hall–Kier alpha value is -3.22. The number of methoxy groups -OCH3 is 1. The SMILES string of the molecule is COc1nc(C)c(NC(=O)c2cc3ccccc3oc2=O)c(C)n1. The lowest BCUT2D eigenvalue weighted by Gasteiger charge is -2.11. The first-order valence-electron chi connectivity index (χ1n) is 7.23. The number of benzene rings is 1. The van der Waals surface area contributed by atoms with Gasteiger partial charge in [-0.2, -0.15) is 9.97 Å². The molecule has 24 heavy (non-hydrogen) atoms. The maximum atomic E-state index is 12.5. The van der Waals surface area contributed by atoms with Gasteiger partial charge in [-0.05, 0) is 26.0 Å². The maximum Gasteiger partial charge on any atom is 0.349 e. The van der Waals surface area contributed by atoms with Crippen LogP contribution in [0.3, 0.4) is 0 Å². The van der Waals surface area contributed by atoms with Crippen LogP contribution in [-0.2, 0) is 0 Å². The van der Waals surface area contributed by atoms with Crippen molar-refractivity contribution in [3.05, 3.63) is 57.7 Å². The highest BCUT2D eigenvalue weighted by Crippen LogP contribution is 2.20. The van der Waals surface area contributed by atoms with Crippen molar-refractivity contribution in [1.82, 2.24) is 9.97 Å². The molecule has 122 valence electrons. The van der Waals surface area contributed by atoms with E-state index >= 15 is 0 Å². The number of carbonyl (C=O) groups excluding carboxylic acids is 1. The lowest BCUT2D eigenvalue weighted by molar-refractivity contribution is 0.102. The molecule has 0 spiro atoms. The molecule has 7 nitrogen and oxygen atoms in total. The molecule has 7 heteroatoms. The van der Waals surface area contributed by atoms with Crippen molar-refractivity contribution >= 4 is 22.6 Å². The van der Waals surface area contributed by atoms with Gasteiger partial charge in [0.1, 0.15) is 11.1 Å². The van der Waals surface area contributed by atoms with Gasteiger partial charge in [0.2, 0.25) is 0 Å². The average molecular weight is 325 g/mol. The number of carbonyl (C=O) groups is 1. The van der Waals surface area contributed by atoms with E-state index in [1.165, 1.54) is 13.2 Å². The lowest BCUT2D eigenvalue weighted by atomic mass is 10.1. The van der Waals surface area contributed by atoms with Crippen molar-refractivity contribution in [2.75, 3.05) is 12.4 Å². The molecule has 0 unspecified atom stereocenters. The van der Waals surface area contributed by atoms with Gasteiger partial charge in [0.25, 0.3) is 5.91 Å². The number of rotatable bonds is 3. The fourth-order valence-electron chi connectivity index (χ4n) is 2.36. The van der Waals surface area contributed by atoms with Crippen LogP contribution in [0.15, 0.2) is 39.5 Å². The largest absolute Gasteiger partial charge is 0.467 e. The third-order valence-corrected chi connectivity index (χ3v) is 3.56. The number of para-hydroxylation sites is 1. The summed E-state index contributed by atoms with van der Waals surface area (Å²) in [7, 11) is 1.47. The minimum Gasteiger partial charge on any atom is -0.467 e. The van der Waals surface area contributed by atoms with Crippen LogP contribution in [0.1, 0.15) is 21.7 Å². The number of amides is 1. The molecule has 0 bridgehead atoms. The number of aryl methyl sites for hydroxylation is 2. The predicted molar refractivity (Wildman–Crippen MR) is 88.5 cm³/mol. The molecule has 0 radical (unpaired) electrons. The first-order valence-corrected chi connectivity index (χ1v) is 7.23. The second kappa shape index (κ2) is 6.11. The zero-order valence-electron chi connectivity index (χ0n) is 13.4. The van der Waals surface area contributed by atoms with Crippen LogP contribution in [-0.4, -0.2) is 23.0 Å². The number of anilines is 1. The van der Waals surface area contributed by atoms with E-state index in [9.17, 15) is 9.59 Å². The van der Waals surface area contributed by atoms with Gasteiger partial charge in [-0.15, -0.1) is 0 Å². The maximum absolute atomic E-state index is 12.5. The molecule has 0 aliphatic rings. The van der Waals surface area contributed by atoms with Crippen LogP contribution in [0.25, 0.3) is 11.0 Å². The number of aromatic nitrogens is 2. The van der Waals surface area contributed by atoms with Crippen molar-refractivity contribution in [1.29, 1.82) is 0 Å². The fourth-order valence-corrected chi connectivity index (χ4v) is 2.36. The van der Waals surface area contributed by atoms with Gasteiger partial charge < -0.3 is 14.5 Å². The Morgan fingerprint density at radius 2 is 1.83 bits per heavy atom. The van der Waals surface area contributed by atoms with Crippen molar-refractivity contribution in [3.8, 4) is 6.01 Å². The molecular formula is C17H15N3O4. The number of nitrogens with zero attached hydrogens (tertiary/aromatic N) is 2. The van der Waals surface area contributed by atoms with E-state index in [1.54, 1.807) is 38.1 Å². The summed E-state index contributed by atoms with van der Waals surface area (Å²) in [6.07, 6.45) is 0. The summed E-state index contributed by atoms with van der Waals surface area (Å²) in [5.41, 5.74) is 1.17. The molecule has 2 heterocycles. The molecular weight excluding hydrogens is 310 g/mol. The van der Waals surface area contributed by atoms with Crippen LogP contribution < -0.4 is 15.7 Å². The Morgan fingerprint density at radius 3 is 2.50 bits per heavy atom. The predicted octanol–water partition coefficient (Wildman–Crippen LogP) is 2.46. The van der Waals surface area contributed by atoms with Crippen molar-refractivity contribution in [2.24, 2.45) is 0 Å². The van der Waals surface area contributed by atoms with Crippen molar-refractivity contribution < 1.29 is 13.9 Å². The lowest BCUT2D eigenvalue weighted by Crippen LogP contribution is -2.22. The van der Waals surface area contributed by atoms with E-state index in [0.717, 1.165) is 0 Å². The van der Waals surface area contributed by atoms with E-state index in [1.807, 2.05) is 0 Å². The Morgan fingerprint density at radius 1 is 1.17 bits per heavy atom. The van der Waals surface area contributed by atoms with Gasteiger partial charge in [-0.1, -0.05) is 18.2 Å². The summed E-state index contributed by atoms with van der Waals surface area (Å²) >= 11 is 0. The molecule has 1 aromatic carbocycles. The van der Waals surface area contributed by atoms with Crippen LogP contribution in [0, 0.1) is 13.8 Å². The van der Waals surface area contributed by atoms with Gasteiger partial charge in [0.15, 0.2) is 0 Å². The molecule has 0 aliphatic heterocycles. The number of nitrogens with one attached hydrogen (secondary N) is 1. The smallest absolute Gasteiger partial charge is 0.349 e. The first kappa shape index (κ1) is 15.7. The molecule has 2 aromatic heterocycles. The monoisotopic (exact) mass is 325 g/mol. The highest BCUT2D eigenvalue weighted by Gasteiger charge is 2.17. The molecule has 3 aromatic rings. The third kappa shape index (κ3) is 2.83. The number of fused-ring (bicyclic) bond motifs is 1. The van der Waals surface area contributed by atoms with Gasteiger partial charge in [0, 0.05) is 5.39 Å². The summed E-state index contributed by atoms with van der Waals surface area (Å²) in [4.78, 5) is 32.8. The number of hydrogen-bond acceptors (Lipinski definition) is 6. The zero-order valence-corrected chi connectivity index (χ0v) is 13.4. The molecule has 1 amide bonds. The quantitative estimate of drug-likeness (QED) is 0.743. The molecule has 0 atom stereocenters. The zero-order chi connectivity index (χ0) is 17.3. The second-order valence-electron chi connectivity index (χ2n) is 5.20. The van der Waals surface area contributed by atoms with E-state index in [2.05, 4.69) is 15.3 Å². The Kier molecular flexibility index (Phi) is 3.99. The summed E-state index contributed by atoms with van der Waals surface area (Å²) in [6.45, 7) is 3.44. The third-order valence-electron chi connectivity index (χ3n) is 3.56. The molecule has 0 fully saturated rings. The second-order valence-corrected chi connectivity index (χ2v) is 5.20. The number of ether oxygens (including phenoxy) is 1. The van der Waals surface area contributed by atoms with Crippen LogP contribution >= 0.6 is 0 Å². The normalized spacial score (nSPS) is 10.6. The van der Waals surface area contributed by atoms with E-state index in [4.69, 9.17) is 9.15 Å². The van der Waals surface area contributed by atoms with Gasteiger partial charge in [0.05, 0.1) is 24.2 Å². The van der Waals surface area contributed by atoms with Crippen LogP contribution in [0.2, 0.25) is 0 Å². The van der Waals surface area contributed by atoms with Gasteiger partial charge in [-0.25, -0.2) is 4.79 Å². The minimum atomic E-state index is -0.698. The molecule has 0 saturated carbocycles. The number of hydrogen-bond donors (Lipinski definition) is 1. The van der Waals surface area contributed by atoms with Crippen molar-refractivity contribution in [2.45, 2.75) is 13.8 Å². The van der Waals surface area contributed by atoms with E-state index in [-0.39, 0.29) is 11.6 Å². The fraction of sp³-hybridized carbons (Fsp3) is 0.176. The highest BCUT2D eigenvalue weighted by atomic mass is 16.5. The standard InChI is InChI=1S/C17H15N3O4/c1-9-14(10(2)19-17(18-9)23-3)20-15(21)12-8-11-6-4-5-7-13(11)24-16(12)22/h4-8H,1-3H3,(H,20,21). The molecule has 1 N–H and O–H groups in total. The summed E-state index contributed by atoms with van der Waals surface area (Å²) in [5.74, 6) is -0.575. The van der Waals surface area contributed by atoms with E-state index < -0.39 is 11.5 Å².